The van der Waals surface area contributed by atoms with Gasteiger partial charge < -0.3 is 9.47 Å². The van der Waals surface area contributed by atoms with E-state index < -0.39 is 11.6 Å². The fraction of sp³-hybridized carbons (Fsp3) is 0.714. The van der Waals surface area contributed by atoms with Crippen LogP contribution in [0.4, 0.5) is 8.78 Å². The molecule has 2 aliphatic carbocycles. The molecule has 1 heterocycles. The van der Waals surface area contributed by atoms with Crippen LogP contribution in [0, 0.1) is 35.3 Å². The van der Waals surface area contributed by atoms with Crippen LogP contribution in [-0.4, -0.2) is 19.3 Å². The van der Waals surface area contributed by atoms with E-state index in [2.05, 4.69) is 19.1 Å². The predicted octanol–water partition coefficient (Wildman–Crippen LogP) is 7.82. The summed E-state index contributed by atoms with van der Waals surface area (Å²) in [6, 6.07) is 3.34. The summed E-state index contributed by atoms with van der Waals surface area (Å²) < 4.78 is 40.4. The van der Waals surface area contributed by atoms with Gasteiger partial charge in [0.25, 0.3) is 0 Å². The summed E-state index contributed by atoms with van der Waals surface area (Å²) in [7, 11) is 0. The molecule has 3 aliphatic rings. The minimum atomic E-state index is -0.827. The topological polar surface area (TPSA) is 18.5 Å². The number of hydrogen-bond acceptors (Lipinski definition) is 2. The van der Waals surface area contributed by atoms with Crippen molar-refractivity contribution in [1.82, 2.24) is 0 Å². The van der Waals surface area contributed by atoms with Crippen molar-refractivity contribution < 1.29 is 18.3 Å². The van der Waals surface area contributed by atoms with E-state index in [0.717, 1.165) is 50.0 Å². The minimum Gasteiger partial charge on any atom is -0.491 e. The molecule has 2 atom stereocenters. The lowest BCUT2D eigenvalue weighted by Gasteiger charge is -2.41. The zero-order valence-corrected chi connectivity index (χ0v) is 19.8. The summed E-state index contributed by atoms with van der Waals surface area (Å²) >= 11 is 0. The lowest BCUT2D eigenvalue weighted by atomic mass is 9.67. The first-order valence-corrected chi connectivity index (χ1v) is 13.0. The lowest BCUT2D eigenvalue weighted by molar-refractivity contribution is -0.0518. The van der Waals surface area contributed by atoms with Gasteiger partial charge in [0.05, 0.1) is 19.3 Å². The maximum absolute atomic E-state index is 14.6. The Morgan fingerprint density at radius 3 is 2.12 bits per heavy atom. The van der Waals surface area contributed by atoms with E-state index in [1.807, 2.05) is 0 Å². The number of ether oxygens (including phenoxy) is 2. The zero-order valence-electron chi connectivity index (χ0n) is 19.8. The SMILES string of the molecule is CC=CC1CCC(C2CCC(C3CCC(c4ccc(OCC)c(F)c4F)CC3)CC2)OC1. The molecule has 3 fully saturated rings. The molecule has 0 bridgehead atoms. The fourth-order valence-electron chi connectivity index (χ4n) is 6.61. The van der Waals surface area contributed by atoms with Gasteiger partial charge in [0.2, 0.25) is 5.82 Å². The standard InChI is InChI=1S/C28H40F2O2/c1-3-5-19-6-16-25(32-18-19)23-13-9-21(10-14-23)20-7-11-22(12-8-20)24-15-17-26(31-4-2)28(30)27(24)29/h3,5,15,17,19-23,25H,4,6-14,16,18H2,1-2H3. The van der Waals surface area contributed by atoms with Crippen LogP contribution in [-0.2, 0) is 4.74 Å². The van der Waals surface area contributed by atoms with Crippen molar-refractivity contribution in [2.75, 3.05) is 13.2 Å². The van der Waals surface area contributed by atoms with Crippen molar-refractivity contribution in [3.8, 4) is 5.75 Å². The average molecular weight is 447 g/mol. The van der Waals surface area contributed by atoms with Crippen LogP contribution in [0.2, 0.25) is 0 Å². The van der Waals surface area contributed by atoms with Crippen molar-refractivity contribution in [3.63, 3.8) is 0 Å². The van der Waals surface area contributed by atoms with Crippen molar-refractivity contribution in [1.29, 1.82) is 0 Å². The Bertz CT molecular complexity index is 753. The molecule has 0 spiro atoms. The van der Waals surface area contributed by atoms with Crippen LogP contribution in [0.25, 0.3) is 0 Å². The third-order valence-electron chi connectivity index (χ3n) is 8.41. The van der Waals surface area contributed by atoms with E-state index in [9.17, 15) is 8.78 Å². The Balaban J connectivity index is 1.24. The maximum Gasteiger partial charge on any atom is 0.200 e. The normalized spacial score (nSPS) is 34.0. The lowest BCUT2D eigenvalue weighted by Crippen LogP contribution is -2.35. The second kappa shape index (κ2) is 11.1. The largest absolute Gasteiger partial charge is 0.491 e. The molecular weight excluding hydrogens is 406 g/mol. The highest BCUT2D eigenvalue weighted by Gasteiger charge is 2.35. The molecule has 4 heteroatoms. The molecule has 2 nitrogen and oxygen atoms in total. The van der Waals surface area contributed by atoms with Crippen molar-refractivity contribution >= 4 is 0 Å². The molecule has 178 valence electrons. The molecule has 1 aromatic carbocycles. The Morgan fingerprint density at radius 1 is 0.875 bits per heavy atom. The molecule has 2 unspecified atom stereocenters. The number of hydrogen-bond donors (Lipinski definition) is 0. The Labute approximate surface area is 192 Å². The third kappa shape index (κ3) is 5.38. The van der Waals surface area contributed by atoms with Crippen LogP contribution in [0.5, 0.6) is 5.75 Å². The summed E-state index contributed by atoms with van der Waals surface area (Å²) in [6.07, 6.45) is 16.8. The molecule has 0 radical (unpaired) electrons. The van der Waals surface area contributed by atoms with E-state index in [1.54, 1.807) is 19.1 Å². The van der Waals surface area contributed by atoms with Gasteiger partial charge in [-0.25, -0.2) is 4.39 Å². The first kappa shape index (κ1) is 23.7. The number of halogens is 2. The molecule has 1 aliphatic heterocycles. The zero-order chi connectivity index (χ0) is 22.5. The van der Waals surface area contributed by atoms with Crippen LogP contribution in [0.15, 0.2) is 24.3 Å². The highest BCUT2D eigenvalue weighted by Crippen LogP contribution is 2.46. The second-order valence-electron chi connectivity index (χ2n) is 10.2. The van der Waals surface area contributed by atoms with Gasteiger partial charge >= 0.3 is 0 Å². The first-order valence-electron chi connectivity index (χ1n) is 13.0. The van der Waals surface area contributed by atoms with Gasteiger partial charge in [0, 0.05) is 5.92 Å². The minimum absolute atomic E-state index is 0.0264. The van der Waals surface area contributed by atoms with Crippen LogP contribution in [0.3, 0.4) is 0 Å². The van der Waals surface area contributed by atoms with Crippen molar-refractivity contribution in [2.24, 2.45) is 23.7 Å². The van der Waals surface area contributed by atoms with Crippen LogP contribution >= 0.6 is 0 Å². The highest BCUT2D eigenvalue weighted by molar-refractivity contribution is 5.33. The van der Waals surface area contributed by atoms with Crippen molar-refractivity contribution in [3.05, 3.63) is 41.5 Å². The molecule has 0 amide bonds. The fourth-order valence-corrected chi connectivity index (χ4v) is 6.61. The molecule has 0 N–H and O–H groups in total. The molecule has 1 aromatic rings. The molecule has 1 saturated heterocycles. The van der Waals surface area contributed by atoms with Gasteiger partial charge in [0.1, 0.15) is 0 Å². The molecule has 0 aromatic heterocycles. The second-order valence-corrected chi connectivity index (χ2v) is 10.2. The summed E-state index contributed by atoms with van der Waals surface area (Å²) in [6.45, 7) is 5.10. The van der Waals surface area contributed by atoms with Crippen molar-refractivity contribution in [2.45, 2.75) is 90.1 Å². The Morgan fingerprint density at radius 2 is 1.53 bits per heavy atom. The van der Waals surface area contributed by atoms with E-state index in [1.165, 1.54) is 38.5 Å². The summed E-state index contributed by atoms with van der Waals surface area (Å²) in [5, 5.41) is 0. The third-order valence-corrected chi connectivity index (χ3v) is 8.41. The van der Waals surface area contributed by atoms with Gasteiger partial charge in [-0.3, -0.25) is 0 Å². The van der Waals surface area contributed by atoms with E-state index in [4.69, 9.17) is 9.47 Å². The van der Waals surface area contributed by atoms with Gasteiger partial charge in [-0.15, -0.1) is 0 Å². The van der Waals surface area contributed by atoms with Gasteiger partial charge in [-0.2, -0.15) is 4.39 Å². The highest BCUT2D eigenvalue weighted by atomic mass is 19.2. The monoisotopic (exact) mass is 446 g/mol. The molecule has 4 rings (SSSR count). The quantitative estimate of drug-likeness (QED) is 0.415. The summed E-state index contributed by atoms with van der Waals surface area (Å²) in [4.78, 5) is 0. The van der Waals surface area contributed by atoms with Gasteiger partial charge in [0.15, 0.2) is 11.6 Å². The number of rotatable bonds is 6. The average Bonchev–Trinajstić information content (AvgIpc) is 2.83. The number of allylic oxidation sites excluding steroid dienone is 1. The predicted molar refractivity (Wildman–Crippen MR) is 125 cm³/mol. The number of benzene rings is 1. The summed E-state index contributed by atoms with van der Waals surface area (Å²) in [5.74, 6) is 1.51. The van der Waals surface area contributed by atoms with Gasteiger partial charge in [-0.1, -0.05) is 18.2 Å². The van der Waals surface area contributed by atoms with Crippen LogP contribution in [0.1, 0.15) is 89.5 Å². The van der Waals surface area contributed by atoms with Crippen LogP contribution < -0.4 is 4.74 Å². The molecule has 32 heavy (non-hydrogen) atoms. The smallest absolute Gasteiger partial charge is 0.200 e. The Kier molecular flexibility index (Phi) is 8.26. The van der Waals surface area contributed by atoms with E-state index in [0.29, 0.717) is 24.2 Å². The van der Waals surface area contributed by atoms with E-state index >= 15 is 0 Å². The molecular formula is C28H40F2O2. The Hall–Kier alpha value is -1.42. The maximum atomic E-state index is 14.6. The molecule has 2 saturated carbocycles. The van der Waals surface area contributed by atoms with Gasteiger partial charge in [-0.05, 0) is 113 Å². The van der Waals surface area contributed by atoms with E-state index in [-0.39, 0.29) is 11.7 Å². The summed E-state index contributed by atoms with van der Waals surface area (Å²) in [5.41, 5.74) is 0.541. The first-order chi connectivity index (χ1) is 15.6.